The molecule has 0 bridgehead atoms. The Hall–Kier alpha value is -1.72. The second-order valence-corrected chi connectivity index (χ2v) is 5.91. The number of carboxylic acids is 1. The molecule has 0 radical (unpaired) electrons. The van der Waals surface area contributed by atoms with Crippen molar-refractivity contribution in [1.82, 2.24) is 9.80 Å². The molecule has 0 atom stereocenters. The number of hydrogen-bond acceptors (Lipinski definition) is 4. The van der Waals surface area contributed by atoms with Gasteiger partial charge in [-0.3, -0.25) is 4.79 Å². The first-order valence-electron chi connectivity index (χ1n) is 6.81. The number of amides is 1. The Morgan fingerprint density at radius 2 is 1.60 bits per heavy atom. The van der Waals surface area contributed by atoms with Gasteiger partial charge < -0.3 is 19.6 Å². The second kappa shape index (κ2) is 6.63. The molecule has 1 saturated heterocycles. The van der Waals surface area contributed by atoms with Gasteiger partial charge in [0.15, 0.2) is 0 Å². The van der Waals surface area contributed by atoms with Crippen molar-refractivity contribution in [2.24, 2.45) is 0 Å². The molecule has 6 heteroatoms. The van der Waals surface area contributed by atoms with Crippen LogP contribution in [-0.2, 0) is 9.53 Å². The first kappa shape index (κ1) is 16.3. The highest BCUT2D eigenvalue weighted by Crippen LogP contribution is 2.15. The van der Waals surface area contributed by atoms with Crippen molar-refractivity contribution in [1.29, 1.82) is 0 Å². The third-order valence-electron chi connectivity index (χ3n) is 3.01. The maximum Gasteiger partial charge on any atom is 0.410 e. The number of hydrogen-bond donors (Lipinski definition) is 1. The molecule has 0 spiro atoms. The number of allylic oxidation sites excluding steroid dienone is 1. The number of carbonyl (C=O) groups excluding carboxylic acids is 1. The molecule has 1 heterocycles. The summed E-state index contributed by atoms with van der Waals surface area (Å²) in [7, 11) is 0. The second-order valence-electron chi connectivity index (χ2n) is 5.91. The molecule has 1 fully saturated rings. The van der Waals surface area contributed by atoms with Crippen molar-refractivity contribution < 1.29 is 19.4 Å². The third-order valence-corrected chi connectivity index (χ3v) is 3.01. The van der Waals surface area contributed by atoms with E-state index >= 15 is 0 Å². The SMILES string of the molecule is C=C(CCC(=O)O)N1CCN(C(=O)OC(C)(C)C)CC1. The molecule has 0 saturated carbocycles. The first-order valence-corrected chi connectivity index (χ1v) is 6.81. The standard InChI is InChI=1S/C14H24N2O4/c1-11(5-6-12(17)18)15-7-9-16(10-8-15)13(19)20-14(2,3)4/h1,5-10H2,2-4H3,(H,17,18). The van der Waals surface area contributed by atoms with Crippen LogP contribution in [0.4, 0.5) is 4.79 Å². The average Bonchev–Trinajstić information content (AvgIpc) is 2.34. The molecule has 1 amide bonds. The van der Waals surface area contributed by atoms with Crippen molar-refractivity contribution in [3.05, 3.63) is 12.3 Å². The van der Waals surface area contributed by atoms with Crippen LogP contribution < -0.4 is 0 Å². The minimum atomic E-state index is -0.821. The minimum Gasteiger partial charge on any atom is -0.481 e. The molecule has 1 N–H and O–H groups in total. The normalized spacial score (nSPS) is 15.9. The van der Waals surface area contributed by atoms with Gasteiger partial charge in [-0.05, 0) is 27.2 Å². The van der Waals surface area contributed by atoms with Crippen LogP contribution in [-0.4, -0.2) is 58.7 Å². The Balaban J connectivity index is 2.38. The van der Waals surface area contributed by atoms with Gasteiger partial charge in [0, 0.05) is 31.9 Å². The monoisotopic (exact) mass is 284 g/mol. The van der Waals surface area contributed by atoms with Crippen LogP contribution in [0.5, 0.6) is 0 Å². The lowest BCUT2D eigenvalue weighted by Gasteiger charge is -2.37. The maximum atomic E-state index is 11.9. The number of piperazine rings is 1. The molecule has 0 aromatic carbocycles. The third kappa shape index (κ3) is 5.50. The zero-order valence-electron chi connectivity index (χ0n) is 12.5. The number of aliphatic carboxylic acids is 1. The van der Waals surface area contributed by atoms with Crippen LogP contribution in [0.1, 0.15) is 33.6 Å². The fourth-order valence-electron chi connectivity index (χ4n) is 1.94. The molecule has 20 heavy (non-hydrogen) atoms. The Kier molecular flexibility index (Phi) is 5.42. The molecular formula is C14H24N2O4. The lowest BCUT2D eigenvalue weighted by molar-refractivity contribution is -0.137. The predicted molar refractivity (Wildman–Crippen MR) is 75.4 cm³/mol. The van der Waals surface area contributed by atoms with Crippen LogP contribution >= 0.6 is 0 Å². The molecule has 1 aliphatic heterocycles. The summed E-state index contributed by atoms with van der Waals surface area (Å²) in [6, 6.07) is 0. The maximum absolute atomic E-state index is 11.9. The summed E-state index contributed by atoms with van der Waals surface area (Å²) < 4.78 is 5.32. The number of nitrogens with zero attached hydrogens (tertiary/aromatic N) is 2. The first-order chi connectivity index (χ1) is 9.19. The largest absolute Gasteiger partial charge is 0.481 e. The summed E-state index contributed by atoms with van der Waals surface area (Å²) in [5.41, 5.74) is 0.329. The van der Waals surface area contributed by atoms with Gasteiger partial charge in [0.2, 0.25) is 0 Å². The van der Waals surface area contributed by atoms with Crippen LogP contribution in [0.15, 0.2) is 12.3 Å². The summed E-state index contributed by atoms with van der Waals surface area (Å²) in [5, 5.41) is 8.65. The lowest BCUT2D eigenvalue weighted by atomic mass is 10.2. The van der Waals surface area contributed by atoms with Crippen molar-refractivity contribution >= 4 is 12.1 Å². The fourth-order valence-corrected chi connectivity index (χ4v) is 1.94. The van der Waals surface area contributed by atoms with Gasteiger partial charge in [0.25, 0.3) is 0 Å². The van der Waals surface area contributed by atoms with Crippen molar-refractivity contribution in [2.75, 3.05) is 26.2 Å². The van der Waals surface area contributed by atoms with E-state index in [4.69, 9.17) is 9.84 Å². The summed E-state index contributed by atoms with van der Waals surface area (Å²) in [6.45, 7) is 11.9. The molecule has 1 rings (SSSR count). The number of ether oxygens (including phenoxy) is 1. The quantitative estimate of drug-likeness (QED) is 0.854. The minimum absolute atomic E-state index is 0.0884. The highest BCUT2D eigenvalue weighted by Gasteiger charge is 2.26. The number of carboxylic acid groups (broad SMARTS) is 1. The van der Waals surface area contributed by atoms with E-state index in [0.29, 0.717) is 32.6 Å². The van der Waals surface area contributed by atoms with E-state index in [0.717, 1.165) is 5.70 Å². The zero-order chi connectivity index (χ0) is 15.3. The Bertz CT molecular complexity index is 379. The van der Waals surface area contributed by atoms with Gasteiger partial charge in [0.1, 0.15) is 5.60 Å². The van der Waals surface area contributed by atoms with Gasteiger partial charge in [-0.2, -0.15) is 0 Å². The number of rotatable bonds is 4. The van der Waals surface area contributed by atoms with E-state index in [9.17, 15) is 9.59 Å². The summed E-state index contributed by atoms with van der Waals surface area (Å²) in [4.78, 5) is 26.1. The van der Waals surface area contributed by atoms with Crippen molar-refractivity contribution in [3.8, 4) is 0 Å². The van der Waals surface area contributed by atoms with Gasteiger partial charge >= 0.3 is 12.1 Å². The molecule has 0 aliphatic carbocycles. The van der Waals surface area contributed by atoms with Crippen LogP contribution in [0.25, 0.3) is 0 Å². The van der Waals surface area contributed by atoms with E-state index in [1.807, 2.05) is 25.7 Å². The van der Waals surface area contributed by atoms with Gasteiger partial charge in [-0.15, -0.1) is 0 Å². The smallest absolute Gasteiger partial charge is 0.410 e. The van der Waals surface area contributed by atoms with E-state index in [1.54, 1.807) is 4.90 Å². The summed E-state index contributed by atoms with van der Waals surface area (Å²) in [6.07, 6.45) is 0.237. The van der Waals surface area contributed by atoms with Crippen LogP contribution in [0, 0.1) is 0 Å². The lowest BCUT2D eigenvalue weighted by Crippen LogP contribution is -2.49. The predicted octanol–water partition coefficient (Wildman–Crippen LogP) is 1.92. The van der Waals surface area contributed by atoms with E-state index in [1.165, 1.54) is 0 Å². The Morgan fingerprint density at radius 3 is 2.05 bits per heavy atom. The van der Waals surface area contributed by atoms with Crippen molar-refractivity contribution in [2.45, 2.75) is 39.2 Å². The number of carbonyl (C=O) groups is 2. The van der Waals surface area contributed by atoms with E-state index < -0.39 is 11.6 Å². The van der Waals surface area contributed by atoms with Crippen LogP contribution in [0.2, 0.25) is 0 Å². The Labute approximate surface area is 120 Å². The van der Waals surface area contributed by atoms with E-state index in [2.05, 4.69) is 6.58 Å². The molecule has 0 aromatic heterocycles. The Morgan fingerprint density at radius 1 is 1.10 bits per heavy atom. The highest BCUT2D eigenvalue weighted by molar-refractivity contribution is 5.68. The summed E-state index contributed by atoms with van der Waals surface area (Å²) in [5.74, 6) is -0.821. The summed E-state index contributed by atoms with van der Waals surface area (Å²) >= 11 is 0. The fraction of sp³-hybridized carbons (Fsp3) is 0.714. The molecule has 114 valence electrons. The molecule has 0 unspecified atom stereocenters. The van der Waals surface area contributed by atoms with Gasteiger partial charge in [-0.25, -0.2) is 4.79 Å². The molecule has 1 aliphatic rings. The molecule has 0 aromatic rings. The molecular weight excluding hydrogens is 260 g/mol. The topological polar surface area (TPSA) is 70.1 Å². The van der Waals surface area contributed by atoms with Gasteiger partial charge in [-0.1, -0.05) is 6.58 Å². The van der Waals surface area contributed by atoms with Crippen molar-refractivity contribution in [3.63, 3.8) is 0 Å². The average molecular weight is 284 g/mol. The highest BCUT2D eigenvalue weighted by atomic mass is 16.6. The van der Waals surface area contributed by atoms with E-state index in [-0.39, 0.29) is 12.5 Å². The zero-order valence-corrected chi connectivity index (χ0v) is 12.5. The molecule has 6 nitrogen and oxygen atoms in total. The van der Waals surface area contributed by atoms with Gasteiger partial charge in [0.05, 0.1) is 6.42 Å². The van der Waals surface area contributed by atoms with Crippen LogP contribution in [0.3, 0.4) is 0 Å².